The van der Waals surface area contributed by atoms with E-state index in [9.17, 15) is 9.59 Å². The van der Waals surface area contributed by atoms with Gasteiger partial charge in [-0.2, -0.15) is 0 Å². The van der Waals surface area contributed by atoms with Gasteiger partial charge >= 0.3 is 5.97 Å². The zero-order valence-electron chi connectivity index (χ0n) is 26.6. The maximum Gasteiger partial charge on any atom is 0.344 e. The number of benzene rings is 3. The van der Waals surface area contributed by atoms with Gasteiger partial charge in [0.1, 0.15) is 23.7 Å². The fourth-order valence-corrected chi connectivity index (χ4v) is 6.70. The molecule has 0 spiro atoms. The highest BCUT2D eigenvalue weighted by molar-refractivity contribution is 9.10. The van der Waals surface area contributed by atoms with Gasteiger partial charge in [-0.05, 0) is 73.5 Å². The Bertz CT molecular complexity index is 2260. The largest absolute Gasteiger partial charge is 0.455 e. The van der Waals surface area contributed by atoms with Crippen LogP contribution >= 0.6 is 31.9 Å². The number of carbonyl (C=O) groups is 1. The molecule has 3 aromatic heterocycles. The van der Waals surface area contributed by atoms with Gasteiger partial charge < -0.3 is 14.2 Å². The smallest absolute Gasteiger partial charge is 0.344 e. The van der Waals surface area contributed by atoms with Gasteiger partial charge in [-0.3, -0.25) is 9.69 Å². The minimum absolute atomic E-state index is 0.122. The summed E-state index contributed by atoms with van der Waals surface area (Å²) in [6, 6.07) is 18.5. The van der Waals surface area contributed by atoms with Crippen molar-refractivity contribution >= 4 is 54.4 Å². The van der Waals surface area contributed by atoms with Gasteiger partial charge in [0.15, 0.2) is 0 Å². The number of ether oxygens (including phenoxy) is 1. The van der Waals surface area contributed by atoms with Crippen LogP contribution in [-0.4, -0.2) is 71.6 Å². The lowest BCUT2D eigenvalue weighted by Gasteiger charge is -2.36. The molecule has 0 amide bonds. The van der Waals surface area contributed by atoms with E-state index in [1.54, 1.807) is 27.8 Å². The van der Waals surface area contributed by atoms with E-state index < -0.39 is 17.2 Å². The van der Waals surface area contributed by atoms with Crippen LogP contribution in [0.25, 0.3) is 22.3 Å². The number of piperazine rings is 1. The minimum atomic E-state index is -0.790. The lowest BCUT2D eigenvalue weighted by Crippen LogP contribution is -2.46. The zero-order valence-corrected chi connectivity index (χ0v) is 29.8. The van der Waals surface area contributed by atoms with Gasteiger partial charge in [-0.15, -0.1) is 10.2 Å². The summed E-state index contributed by atoms with van der Waals surface area (Å²) >= 11 is 6.86. The molecule has 12 nitrogen and oxygen atoms in total. The fraction of sp³-hybridized carbons (Fsp3) is 0.257. The van der Waals surface area contributed by atoms with Crippen molar-refractivity contribution in [1.82, 2.24) is 39.5 Å². The number of halogens is 3. The number of fused-ring (bicyclic) bond motifs is 1. The summed E-state index contributed by atoms with van der Waals surface area (Å²) in [6.07, 6.45) is 6.96. The van der Waals surface area contributed by atoms with Crippen LogP contribution in [-0.2, 0) is 17.9 Å². The first-order valence-corrected chi connectivity index (χ1v) is 17.7. The van der Waals surface area contributed by atoms with Gasteiger partial charge in [0.05, 0.1) is 40.7 Å². The maximum atomic E-state index is 15.8. The number of hydrogen-bond donors (Lipinski definition) is 0. The van der Waals surface area contributed by atoms with E-state index in [2.05, 4.69) is 57.4 Å². The van der Waals surface area contributed by atoms with E-state index in [4.69, 9.17) is 4.74 Å². The van der Waals surface area contributed by atoms with Crippen LogP contribution in [0.5, 0.6) is 0 Å². The predicted molar refractivity (Wildman–Crippen MR) is 191 cm³/mol. The Kier molecular flexibility index (Phi) is 8.79. The molecule has 0 atom stereocenters. The second-order valence-electron chi connectivity index (χ2n) is 12.4. The normalized spacial score (nSPS) is 15.1. The SMILES string of the molecule is O=C(OCc1cn(-c2ccc(Br)cc2)nn1)c1cn(C2CC2)c2cc(N3CCN(Cc4cn(-c5ccc(Br)cc5)nn4)CC3)c(F)cc2c1=O. The van der Waals surface area contributed by atoms with Gasteiger partial charge in [-0.25, -0.2) is 18.5 Å². The second-order valence-corrected chi connectivity index (χ2v) is 14.3. The highest BCUT2D eigenvalue weighted by Crippen LogP contribution is 2.38. The van der Waals surface area contributed by atoms with Crippen molar-refractivity contribution in [3.8, 4) is 11.4 Å². The first-order chi connectivity index (χ1) is 24.3. The lowest BCUT2D eigenvalue weighted by molar-refractivity contribution is 0.0465. The molecule has 0 bridgehead atoms. The zero-order chi connectivity index (χ0) is 34.4. The summed E-state index contributed by atoms with van der Waals surface area (Å²) in [4.78, 5) is 31.1. The van der Waals surface area contributed by atoms with E-state index in [0.717, 1.165) is 38.9 Å². The van der Waals surface area contributed by atoms with Crippen molar-refractivity contribution < 1.29 is 13.9 Å². The van der Waals surface area contributed by atoms with Crippen molar-refractivity contribution in [2.24, 2.45) is 0 Å². The predicted octanol–water partition coefficient (Wildman–Crippen LogP) is 5.84. The number of rotatable bonds is 9. The summed E-state index contributed by atoms with van der Waals surface area (Å²) in [6.45, 7) is 3.09. The molecule has 2 fully saturated rings. The molecule has 254 valence electrons. The standard InChI is InChI=1S/C35H30Br2FN9O3/c36-22-1-5-27(6-2-22)46-18-24(39-41-46)17-43-11-13-44(14-12-43)33-16-32-29(15-31(33)38)34(48)30(20-45(32)26-9-10-26)35(49)50-21-25-19-47(42-40-25)28-7-3-23(37)4-8-28/h1-8,15-16,18-20,26H,9-14,17,21H2. The second kappa shape index (κ2) is 13.5. The third-order valence-corrected chi connectivity index (χ3v) is 10.0. The Morgan fingerprint density at radius 1 is 0.820 bits per heavy atom. The van der Waals surface area contributed by atoms with Crippen molar-refractivity contribution in [2.45, 2.75) is 32.0 Å². The number of pyridine rings is 1. The average molecular weight is 803 g/mol. The maximum absolute atomic E-state index is 15.8. The molecular weight excluding hydrogens is 773 g/mol. The summed E-state index contributed by atoms with van der Waals surface area (Å²) in [5.74, 6) is -1.29. The summed E-state index contributed by atoms with van der Waals surface area (Å²) in [7, 11) is 0. The minimum Gasteiger partial charge on any atom is -0.455 e. The Morgan fingerprint density at radius 3 is 2.04 bits per heavy atom. The first-order valence-electron chi connectivity index (χ1n) is 16.2. The average Bonchev–Trinajstić information content (AvgIpc) is 3.67. The number of carbonyl (C=O) groups excluding carboxylic acids is 1. The molecular formula is C35H30Br2FN9O3. The topological polar surface area (TPSA) is 116 Å². The lowest BCUT2D eigenvalue weighted by atomic mass is 10.1. The summed E-state index contributed by atoms with van der Waals surface area (Å²) < 4.78 is 28.5. The molecule has 1 saturated heterocycles. The van der Waals surface area contributed by atoms with Crippen LogP contribution in [0.1, 0.15) is 40.6 Å². The Labute approximate surface area is 302 Å². The van der Waals surface area contributed by atoms with Gasteiger partial charge in [0.25, 0.3) is 0 Å². The molecule has 1 saturated carbocycles. The van der Waals surface area contributed by atoms with Crippen molar-refractivity contribution in [1.29, 1.82) is 0 Å². The van der Waals surface area contributed by atoms with Crippen LogP contribution in [0.2, 0.25) is 0 Å². The van der Waals surface area contributed by atoms with E-state index in [1.807, 2.05) is 64.2 Å². The Hall–Kier alpha value is -4.73. The van der Waals surface area contributed by atoms with Crippen LogP contribution in [0.3, 0.4) is 0 Å². The van der Waals surface area contributed by atoms with Crippen molar-refractivity contribution in [3.05, 3.63) is 121 Å². The van der Waals surface area contributed by atoms with Crippen molar-refractivity contribution in [3.63, 3.8) is 0 Å². The van der Waals surface area contributed by atoms with E-state index in [-0.39, 0.29) is 23.6 Å². The van der Waals surface area contributed by atoms with Crippen LogP contribution in [0.15, 0.2) is 93.0 Å². The quantitative estimate of drug-likeness (QED) is 0.166. The van der Waals surface area contributed by atoms with Gasteiger partial charge in [0.2, 0.25) is 5.43 Å². The number of hydrogen-bond acceptors (Lipinski definition) is 9. The molecule has 0 radical (unpaired) electrons. The Balaban J connectivity index is 0.960. The molecule has 0 unspecified atom stereocenters. The molecule has 2 aliphatic rings. The number of aromatic nitrogens is 7. The van der Waals surface area contributed by atoms with E-state index in [1.165, 1.54) is 6.07 Å². The fourth-order valence-electron chi connectivity index (χ4n) is 6.17. The highest BCUT2D eigenvalue weighted by Gasteiger charge is 2.29. The number of anilines is 1. The van der Waals surface area contributed by atoms with E-state index in [0.29, 0.717) is 49.6 Å². The van der Waals surface area contributed by atoms with Crippen LogP contribution in [0, 0.1) is 5.82 Å². The van der Waals surface area contributed by atoms with E-state index >= 15 is 4.39 Å². The molecule has 4 heterocycles. The molecule has 8 rings (SSSR count). The highest BCUT2D eigenvalue weighted by atomic mass is 79.9. The molecule has 3 aromatic carbocycles. The first kappa shape index (κ1) is 32.5. The van der Waals surface area contributed by atoms with Crippen LogP contribution in [0.4, 0.5) is 10.1 Å². The molecule has 1 aliphatic heterocycles. The number of esters is 1. The third kappa shape index (κ3) is 6.72. The number of nitrogens with zero attached hydrogens (tertiary/aromatic N) is 9. The monoisotopic (exact) mass is 801 g/mol. The van der Waals surface area contributed by atoms with Gasteiger partial charge in [-0.1, -0.05) is 42.3 Å². The van der Waals surface area contributed by atoms with Crippen LogP contribution < -0.4 is 10.3 Å². The summed E-state index contributed by atoms with van der Waals surface area (Å²) in [5, 5.41) is 17.0. The Morgan fingerprint density at radius 2 is 1.42 bits per heavy atom. The van der Waals surface area contributed by atoms with Crippen molar-refractivity contribution in [2.75, 3.05) is 31.1 Å². The molecule has 1 aliphatic carbocycles. The molecule has 50 heavy (non-hydrogen) atoms. The van der Waals surface area contributed by atoms with Gasteiger partial charge in [0, 0.05) is 59.3 Å². The summed E-state index contributed by atoms with van der Waals surface area (Å²) in [5.41, 5.74) is 3.35. The third-order valence-electron chi connectivity index (χ3n) is 8.97. The molecule has 0 N–H and O–H groups in total. The molecule has 15 heteroatoms. The molecule has 6 aromatic rings.